The van der Waals surface area contributed by atoms with Gasteiger partial charge in [-0.1, -0.05) is 30.7 Å². The number of hydrogen-bond donors (Lipinski definition) is 1. The molecule has 1 N–H and O–H groups in total. The van der Waals surface area contributed by atoms with Crippen molar-refractivity contribution in [2.45, 2.75) is 32.6 Å². The van der Waals surface area contributed by atoms with Gasteiger partial charge < -0.3 is 5.11 Å². The predicted octanol–water partition coefficient (Wildman–Crippen LogP) is 6.12. The van der Waals surface area contributed by atoms with Crippen molar-refractivity contribution < 1.29 is 18.7 Å². The van der Waals surface area contributed by atoms with Crippen molar-refractivity contribution in [1.29, 1.82) is 0 Å². The lowest BCUT2D eigenvalue weighted by Gasteiger charge is -2.23. The molecule has 0 unspecified atom stereocenters. The maximum absolute atomic E-state index is 14.4. The van der Waals surface area contributed by atoms with Crippen LogP contribution in [0.1, 0.15) is 37.3 Å². The number of halogens is 3. The molecule has 5 heteroatoms. The largest absolute Gasteiger partial charge is 0.511 e. The SMILES string of the molecule is CCc1ccc(-c2ccc(Cl)c(F)c2F)cc1C1=C(O)[C@H]2CC[C@H](C2)C1=O. The van der Waals surface area contributed by atoms with Crippen LogP contribution in [0.15, 0.2) is 36.1 Å². The van der Waals surface area contributed by atoms with Crippen LogP contribution < -0.4 is 0 Å². The first kappa shape index (κ1) is 18.2. The molecule has 1 saturated carbocycles. The van der Waals surface area contributed by atoms with Gasteiger partial charge in [-0.15, -0.1) is 0 Å². The smallest absolute Gasteiger partial charge is 0.178 e. The topological polar surface area (TPSA) is 37.3 Å². The minimum Gasteiger partial charge on any atom is -0.511 e. The molecule has 2 nitrogen and oxygen atoms in total. The fourth-order valence-corrected chi connectivity index (χ4v) is 4.45. The monoisotopic (exact) mass is 388 g/mol. The molecular formula is C22H19ClF2O2. The van der Waals surface area contributed by atoms with Crippen molar-refractivity contribution in [2.24, 2.45) is 11.8 Å². The highest BCUT2D eigenvalue weighted by Gasteiger charge is 2.41. The Kier molecular flexibility index (Phi) is 4.55. The molecule has 1 fully saturated rings. The van der Waals surface area contributed by atoms with Gasteiger partial charge in [-0.25, -0.2) is 8.78 Å². The first-order valence-corrected chi connectivity index (χ1v) is 9.54. The third kappa shape index (κ3) is 2.87. The quantitative estimate of drug-likeness (QED) is 0.643. The fraction of sp³-hybridized carbons (Fsp3) is 0.318. The van der Waals surface area contributed by atoms with E-state index in [0.29, 0.717) is 29.5 Å². The Labute approximate surface area is 161 Å². The minimum atomic E-state index is -1.09. The van der Waals surface area contributed by atoms with Crippen LogP contribution in [0.4, 0.5) is 8.78 Å². The highest BCUT2D eigenvalue weighted by Crippen LogP contribution is 2.46. The van der Waals surface area contributed by atoms with Crippen LogP contribution >= 0.6 is 11.6 Å². The Hall–Kier alpha value is -2.20. The van der Waals surface area contributed by atoms with Gasteiger partial charge >= 0.3 is 0 Å². The third-order valence-electron chi connectivity index (χ3n) is 5.80. The van der Waals surface area contributed by atoms with Gasteiger partial charge in [0.05, 0.1) is 10.6 Å². The molecule has 2 bridgehead atoms. The lowest BCUT2D eigenvalue weighted by molar-refractivity contribution is -0.117. The van der Waals surface area contributed by atoms with Crippen molar-refractivity contribution >= 4 is 23.0 Å². The minimum absolute atomic E-state index is 0.0146. The number of carbonyl (C=O) groups excluding carboxylic acids is 1. The number of carbonyl (C=O) groups is 1. The first-order valence-electron chi connectivity index (χ1n) is 9.16. The summed E-state index contributed by atoms with van der Waals surface area (Å²) in [5, 5.41) is 10.4. The van der Waals surface area contributed by atoms with Crippen molar-refractivity contribution in [3.63, 3.8) is 0 Å². The van der Waals surface area contributed by atoms with Crippen LogP contribution in [0.5, 0.6) is 0 Å². The van der Waals surface area contributed by atoms with E-state index in [1.807, 2.05) is 6.92 Å². The summed E-state index contributed by atoms with van der Waals surface area (Å²) in [6.07, 6.45) is 2.96. The molecule has 0 radical (unpaired) electrons. The van der Waals surface area contributed by atoms with Gasteiger partial charge in [-0.3, -0.25) is 4.79 Å². The van der Waals surface area contributed by atoms with E-state index in [2.05, 4.69) is 0 Å². The van der Waals surface area contributed by atoms with Crippen LogP contribution in [0, 0.1) is 23.5 Å². The summed E-state index contributed by atoms with van der Waals surface area (Å²) < 4.78 is 28.3. The average molecular weight is 389 g/mol. The van der Waals surface area contributed by atoms with Gasteiger partial charge in [0.2, 0.25) is 0 Å². The van der Waals surface area contributed by atoms with E-state index in [0.717, 1.165) is 18.4 Å². The number of ketones is 1. The van der Waals surface area contributed by atoms with Crippen LogP contribution in [0.3, 0.4) is 0 Å². The second-order valence-corrected chi connectivity index (χ2v) is 7.69. The molecule has 0 saturated heterocycles. The number of allylic oxidation sites excluding steroid dienone is 2. The summed E-state index contributed by atoms with van der Waals surface area (Å²) in [4.78, 5) is 12.9. The second kappa shape index (κ2) is 6.75. The summed E-state index contributed by atoms with van der Waals surface area (Å²) in [6, 6.07) is 7.92. The highest BCUT2D eigenvalue weighted by atomic mass is 35.5. The lowest BCUT2D eigenvalue weighted by atomic mass is 9.81. The van der Waals surface area contributed by atoms with E-state index in [4.69, 9.17) is 11.6 Å². The zero-order chi connectivity index (χ0) is 19.3. The summed E-state index contributed by atoms with van der Waals surface area (Å²) in [7, 11) is 0. The second-order valence-electron chi connectivity index (χ2n) is 7.28. The van der Waals surface area contributed by atoms with Gasteiger partial charge in [0.1, 0.15) is 5.76 Å². The number of Topliss-reactive ketones (excluding diaryl/α,β-unsaturated/α-hetero) is 1. The van der Waals surface area contributed by atoms with Crippen LogP contribution in [-0.2, 0) is 11.2 Å². The van der Waals surface area contributed by atoms with E-state index >= 15 is 0 Å². The Morgan fingerprint density at radius 3 is 2.56 bits per heavy atom. The maximum atomic E-state index is 14.4. The average Bonchev–Trinajstić information content (AvgIpc) is 3.12. The van der Waals surface area contributed by atoms with E-state index in [9.17, 15) is 18.7 Å². The van der Waals surface area contributed by atoms with Gasteiger partial charge in [0, 0.05) is 17.4 Å². The zero-order valence-electron chi connectivity index (χ0n) is 14.9. The molecule has 0 aromatic heterocycles. The number of aryl methyl sites for hydroxylation is 1. The Bertz CT molecular complexity index is 981. The number of benzene rings is 2. The van der Waals surface area contributed by atoms with Crippen molar-refractivity contribution in [1.82, 2.24) is 0 Å². The Morgan fingerprint density at radius 2 is 1.81 bits per heavy atom. The molecular weight excluding hydrogens is 370 g/mol. The normalized spacial score (nSPS) is 21.9. The summed E-state index contributed by atoms with van der Waals surface area (Å²) in [5.41, 5.74) is 2.38. The Morgan fingerprint density at radius 1 is 1.07 bits per heavy atom. The maximum Gasteiger partial charge on any atom is 0.178 e. The fourth-order valence-electron chi connectivity index (χ4n) is 4.31. The molecule has 2 aromatic rings. The van der Waals surface area contributed by atoms with Crippen LogP contribution in [-0.4, -0.2) is 10.9 Å². The van der Waals surface area contributed by atoms with Crippen molar-refractivity contribution in [3.8, 4) is 11.1 Å². The van der Waals surface area contributed by atoms with Crippen molar-refractivity contribution in [3.05, 3.63) is 63.9 Å². The molecule has 2 aliphatic carbocycles. The molecule has 27 heavy (non-hydrogen) atoms. The van der Waals surface area contributed by atoms with Gasteiger partial charge in [-0.2, -0.15) is 0 Å². The molecule has 0 amide bonds. The number of aliphatic hydroxyl groups is 1. The zero-order valence-corrected chi connectivity index (χ0v) is 15.6. The summed E-state index contributed by atoms with van der Waals surface area (Å²) in [5.74, 6) is -2.06. The lowest BCUT2D eigenvalue weighted by Crippen LogP contribution is -2.22. The van der Waals surface area contributed by atoms with E-state index in [-0.39, 0.29) is 34.0 Å². The summed E-state index contributed by atoms with van der Waals surface area (Å²) in [6.45, 7) is 1.96. The van der Waals surface area contributed by atoms with Gasteiger partial charge in [0.25, 0.3) is 0 Å². The van der Waals surface area contributed by atoms with Gasteiger partial charge in [0.15, 0.2) is 17.4 Å². The predicted molar refractivity (Wildman–Crippen MR) is 102 cm³/mol. The molecule has 2 aromatic carbocycles. The molecule has 2 aliphatic rings. The van der Waals surface area contributed by atoms with Crippen LogP contribution in [0.2, 0.25) is 5.02 Å². The summed E-state index contributed by atoms with van der Waals surface area (Å²) >= 11 is 5.65. The molecule has 2 atom stereocenters. The number of hydrogen-bond acceptors (Lipinski definition) is 2. The first-order chi connectivity index (χ1) is 12.9. The number of rotatable bonds is 3. The van der Waals surface area contributed by atoms with E-state index in [1.54, 1.807) is 18.2 Å². The number of fused-ring (bicyclic) bond motifs is 2. The molecule has 0 heterocycles. The third-order valence-corrected chi connectivity index (χ3v) is 6.09. The van der Waals surface area contributed by atoms with E-state index in [1.165, 1.54) is 12.1 Å². The molecule has 0 spiro atoms. The van der Waals surface area contributed by atoms with E-state index < -0.39 is 11.6 Å². The Balaban J connectivity index is 1.90. The highest BCUT2D eigenvalue weighted by molar-refractivity contribution is 6.30. The molecule has 140 valence electrons. The molecule has 0 aliphatic heterocycles. The number of aliphatic hydroxyl groups excluding tert-OH is 1. The van der Waals surface area contributed by atoms with Crippen LogP contribution in [0.25, 0.3) is 16.7 Å². The molecule has 4 rings (SSSR count). The van der Waals surface area contributed by atoms with Gasteiger partial charge in [-0.05, 0) is 60.6 Å². The van der Waals surface area contributed by atoms with Crippen molar-refractivity contribution in [2.75, 3.05) is 0 Å². The standard InChI is InChI=1S/C22H19ClF2O2/c1-2-11-3-4-12(15-7-8-17(23)20(25)19(15)24)10-16(11)18-21(26)13-5-6-14(9-13)22(18)27/h3-4,7-8,10,13-14,26H,2,5-6,9H2,1H3/t13-,14+/m0/s1.